The lowest BCUT2D eigenvalue weighted by Gasteiger charge is -2.34. The maximum atomic E-state index is 14.3. The standard InChI is InChI=1S/C23H30F4O2/c1-3-28-20-13-12-19(21(22(20)24)23(25,26)27)29-14-16-6-10-18(11-7-16)17-8-4-15(2)5-9-17/h4,8,12-13,15-18H,3,5-7,9-11,14H2,1-2H3. The highest BCUT2D eigenvalue weighted by atomic mass is 19.4. The largest absolute Gasteiger partial charge is 0.493 e. The lowest BCUT2D eigenvalue weighted by Crippen LogP contribution is -2.25. The Morgan fingerprint density at radius 2 is 1.62 bits per heavy atom. The minimum absolute atomic E-state index is 0.0900. The molecule has 2 atom stereocenters. The Morgan fingerprint density at radius 1 is 0.931 bits per heavy atom. The van der Waals surface area contributed by atoms with E-state index in [9.17, 15) is 17.6 Å². The Labute approximate surface area is 170 Å². The SMILES string of the molecule is CCOc1ccc(OCC2CCC(C3C=CC(C)CC3)CC2)c(C(F)(F)F)c1F. The summed E-state index contributed by atoms with van der Waals surface area (Å²) in [4.78, 5) is 0. The van der Waals surface area contributed by atoms with E-state index < -0.39 is 29.1 Å². The van der Waals surface area contributed by atoms with Crippen LogP contribution in [0.1, 0.15) is 57.9 Å². The van der Waals surface area contributed by atoms with E-state index in [0.717, 1.165) is 31.7 Å². The lowest BCUT2D eigenvalue weighted by atomic mass is 9.72. The molecular weight excluding hydrogens is 384 g/mol. The average molecular weight is 414 g/mol. The summed E-state index contributed by atoms with van der Waals surface area (Å²) in [6, 6.07) is 2.37. The van der Waals surface area contributed by atoms with Crippen molar-refractivity contribution in [2.45, 2.75) is 58.5 Å². The number of allylic oxidation sites excluding steroid dienone is 2. The maximum absolute atomic E-state index is 14.3. The molecule has 6 heteroatoms. The second-order valence-electron chi connectivity index (χ2n) is 8.38. The van der Waals surface area contributed by atoms with Crippen molar-refractivity contribution in [3.05, 3.63) is 35.7 Å². The van der Waals surface area contributed by atoms with Gasteiger partial charge >= 0.3 is 6.18 Å². The van der Waals surface area contributed by atoms with Gasteiger partial charge in [0.1, 0.15) is 11.3 Å². The second kappa shape index (κ2) is 9.40. The summed E-state index contributed by atoms with van der Waals surface area (Å²) in [5.74, 6) is -0.110. The van der Waals surface area contributed by atoms with E-state index in [1.165, 1.54) is 18.9 Å². The normalized spacial score (nSPS) is 27.7. The summed E-state index contributed by atoms with van der Waals surface area (Å²) in [5.41, 5.74) is -1.38. The minimum atomic E-state index is -4.84. The molecule has 2 nitrogen and oxygen atoms in total. The van der Waals surface area contributed by atoms with Gasteiger partial charge in [-0.2, -0.15) is 13.2 Å². The van der Waals surface area contributed by atoms with E-state index in [-0.39, 0.29) is 19.1 Å². The Kier molecular flexibility index (Phi) is 7.12. The van der Waals surface area contributed by atoms with Gasteiger partial charge < -0.3 is 9.47 Å². The van der Waals surface area contributed by atoms with Gasteiger partial charge in [-0.3, -0.25) is 0 Å². The van der Waals surface area contributed by atoms with E-state index in [1.807, 2.05) is 0 Å². The number of rotatable bonds is 6. The van der Waals surface area contributed by atoms with E-state index in [2.05, 4.69) is 19.1 Å². The van der Waals surface area contributed by atoms with Crippen molar-refractivity contribution in [2.75, 3.05) is 13.2 Å². The first-order valence-corrected chi connectivity index (χ1v) is 10.6. The highest BCUT2D eigenvalue weighted by Crippen LogP contribution is 2.42. The molecule has 3 rings (SSSR count). The van der Waals surface area contributed by atoms with Gasteiger partial charge in [-0.1, -0.05) is 19.1 Å². The van der Waals surface area contributed by atoms with Crippen molar-refractivity contribution in [3.63, 3.8) is 0 Å². The first-order chi connectivity index (χ1) is 13.8. The molecule has 0 spiro atoms. The first kappa shape index (κ1) is 22.0. The fraction of sp³-hybridized carbons (Fsp3) is 0.652. The van der Waals surface area contributed by atoms with E-state index >= 15 is 0 Å². The summed E-state index contributed by atoms with van der Waals surface area (Å²) >= 11 is 0. The number of halogens is 4. The Hall–Kier alpha value is -1.72. The zero-order valence-corrected chi connectivity index (χ0v) is 17.1. The smallest absolute Gasteiger partial charge is 0.422 e. The molecule has 2 aliphatic carbocycles. The molecule has 162 valence electrons. The highest BCUT2D eigenvalue weighted by molar-refractivity contribution is 5.44. The average Bonchev–Trinajstić information content (AvgIpc) is 2.68. The number of benzene rings is 1. The predicted octanol–water partition coefficient (Wildman–Crippen LogP) is 7.03. The number of hydrogen-bond donors (Lipinski definition) is 0. The van der Waals surface area contributed by atoms with Crippen molar-refractivity contribution in [1.29, 1.82) is 0 Å². The van der Waals surface area contributed by atoms with Crippen LogP contribution in [-0.2, 0) is 6.18 Å². The van der Waals surface area contributed by atoms with Gasteiger partial charge in [0.05, 0.1) is 13.2 Å². The fourth-order valence-electron chi connectivity index (χ4n) is 4.55. The van der Waals surface area contributed by atoms with Crippen LogP contribution in [0, 0.1) is 29.5 Å². The third-order valence-electron chi connectivity index (χ3n) is 6.27. The van der Waals surface area contributed by atoms with Crippen LogP contribution >= 0.6 is 0 Å². The monoisotopic (exact) mass is 414 g/mol. The molecule has 1 fully saturated rings. The summed E-state index contributed by atoms with van der Waals surface area (Å²) in [6.45, 7) is 4.10. The summed E-state index contributed by atoms with van der Waals surface area (Å²) in [5, 5.41) is 0. The molecule has 0 aliphatic heterocycles. The molecule has 2 unspecified atom stereocenters. The van der Waals surface area contributed by atoms with E-state index in [4.69, 9.17) is 9.47 Å². The topological polar surface area (TPSA) is 18.5 Å². The second-order valence-corrected chi connectivity index (χ2v) is 8.38. The van der Waals surface area contributed by atoms with E-state index in [1.54, 1.807) is 6.92 Å². The van der Waals surface area contributed by atoms with Crippen molar-refractivity contribution >= 4 is 0 Å². The van der Waals surface area contributed by atoms with Crippen molar-refractivity contribution in [3.8, 4) is 11.5 Å². The van der Waals surface area contributed by atoms with E-state index in [0.29, 0.717) is 17.8 Å². The Balaban J connectivity index is 1.59. The third kappa shape index (κ3) is 5.46. The van der Waals surface area contributed by atoms with Crippen molar-refractivity contribution in [2.24, 2.45) is 23.7 Å². The van der Waals surface area contributed by atoms with Gasteiger partial charge in [0.15, 0.2) is 11.6 Å². The Bertz CT molecular complexity index is 706. The lowest BCUT2D eigenvalue weighted by molar-refractivity contribution is -0.141. The molecule has 1 saturated carbocycles. The van der Waals surface area contributed by atoms with Gasteiger partial charge in [0, 0.05) is 0 Å². The van der Waals surface area contributed by atoms with Crippen LogP contribution < -0.4 is 9.47 Å². The third-order valence-corrected chi connectivity index (χ3v) is 6.27. The molecule has 0 bridgehead atoms. The Morgan fingerprint density at radius 3 is 2.21 bits per heavy atom. The van der Waals surface area contributed by atoms with Crippen molar-refractivity contribution < 1.29 is 27.0 Å². The first-order valence-electron chi connectivity index (χ1n) is 10.6. The van der Waals surface area contributed by atoms with Crippen LogP contribution in [0.2, 0.25) is 0 Å². The van der Waals surface area contributed by atoms with Crippen LogP contribution in [0.4, 0.5) is 17.6 Å². The van der Waals surface area contributed by atoms with Gasteiger partial charge in [0.2, 0.25) is 0 Å². The highest BCUT2D eigenvalue weighted by Gasteiger charge is 2.40. The van der Waals surface area contributed by atoms with Crippen molar-refractivity contribution in [1.82, 2.24) is 0 Å². The molecule has 1 aromatic carbocycles. The zero-order chi connectivity index (χ0) is 21.0. The van der Waals surface area contributed by atoms with Crippen LogP contribution in [0.5, 0.6) is 11.5 Å². The van der Waals surface area contributed by atoms with Gasteiger partial charge in [-0.25, -0.2) is 4.39 Å². The fourth-order valence-corrected chi connectivity index (χ4v) is 4.55. The molecule has 1 aromatic rings. The molecule has 29 heavy (non-hydrogen) atoms. The quantitative estimate of drug-likeness (QED) is 0.367. The molecule has 0 heterocycles. The zero-order valence-electron chi connectivity index (χ0n) is 17.1. The summed E-state index contributed by atoms with van der Waals surface area (Å²) in [7, 11) is 0. The summed E-state index contributed by atoms with van der Waals surface area (Å²) < 4.78 is 65.0. The van der Waals surface area contributed by atoms with Crippen LogP contribution in [0.15, 0.2) is 24.3 Å². The van der Waals surface area contributed by atoms with Gasteiger partial charge in [-0.05, 0) is 81.3 Å². The number of ether oxygens (including phenoxy) is 2. The molecule has 0 aromatic heterocycles. The van der Waals surface area contributed by atoms with Crippen LogP contribution in [-0.4, -0.2) is 13.2 Å². The van der Waals surface area contributed by atoms with Crippen LogP contribution in [0.3, 0.4) is 0 Å². The molecule has 0 amide bonds. The molecular formula is C23H30F4O2. The molecule has 0 radical (unpaired) electrons. The van der Waals surface area contributed by atoms with Gasteiger partial charge in [-0.15, -0.1) is 0 Å². The number of hydrogen-bond acceptors (Lipinski definition) is 2. The summed E-state index contributed by atoms with van der Waals surface area (Å²) in [6.07, 6.45) is 6.29. The molecule has 0 N–H and O–H groups in total. The van der Waals surface area contributed by atoms with Gasteiger partial charge in [0.25, 0.3) is 0 Å². The number of alkyl halides is 3. The minimum Gasteiger partial charge on any atom is -0.493 e. The maximum Gasteiger partial charge on any atom is 0.422 e. The molecule has 0 saturated heterocycles. The predicted molar refractivity (Wildman–Crippen MR) is 105 cm³/mol. The van der Waals surface area contributed by atoms with Crippen LogP contribution in [0.25, 0.3) is 0 Å². The molecule has 2 aliphatic rings.